The molecule has 0 amide bonds. The lowest BCUT2D eigenvalue weighted by Gasteiger charge is -2.53. The predicted molar refractivity (Wildman–Crippen MR) is 88.0 cm³/mol. The molecular formula is C18H34O4. The Morgan fingerprint density at radius 3 is 2.27 bits per heavy atom. The number of hydrogen-bond acceptors (Lipinski definition) is 3. The highest BCUT2D eigenvalue weighted by atomic mass is 16.7. The highest BCUT2D eigenvalue weighted by molar-refractivity contribution is 5.58. The van der Waals surface area contributed by atoms with Crippen molar-refractivity contribution in [1.29, 1.82) is 0 Å². The lowest BCUT2D eigenvalue weighted by atomic mass is 9.58. The van der Waals surface area contributed by atoms with Crippen molar-refractivity contribution >= 4 is 6.16 Å². The lowest BCUT2D eigenvalue weighted by Crippen LogP contribution is -2.55. The summed E-state index contributed by atoms with van der Waals surface area (Å²) in [6.45, 7) is 6.69. The van der Waals surface area contributed by atoms with Gasteiger partial charge >= 0.3 is 6.16 Å². The molecule has 0 spiro atoms. The van der Waals surface area contributed by atoms with Crippen LogP contribution in [0.1, 0.15) is 85.0 Å². The smallest absolute Gasteiger partial charge is 0.450 e. The van der Waals surface area contributed by atoms with Crippen LogP contribution in [0.2, 0.25) is 0 Å². The summed E-state index contributed by atoms with van der Waals surface area (Å²) in [5.74, 6) is 0.197. The van der Waals surface area contributed by atoms with Crippen molar-refractivity contribution in [3.8, 4) is 0 Å². The van der Waals surface area contributed by atoms with E-state index >= 15 is 0 Å². The van der Waals surface area contributed by atoms with E-state index in [1.165, 1.54) is 6.42 Å². The highest BCUT2D eigenvalue weighted by Crippen LogP contribution is 2.53. The highest BCUT2D eigenvalue weighted by Gasteiger charge is 2.54. The van der Waals surface area contributed by atoms with Gasteiger partial charge in [-0.25, -0.2) is 4.79 Å². The summed E-state index contributed by atoms with van der Waals surface area (Å²) in [6.07, 6.45) is 9.37. The van der Waals surface area contributed by atoms with Crippen molar-refractivity contribution in [1.82, 2.24) is 0 Å². The van der Waals surface area contributed by atoms with Crippen LogP contribution in [0, 0.1) is 11.3 Å². The topological polar surface area (TPSA) is 66.8 Å². The molecule has 4 nitrogen and oxygen atoms in total. The minimum Gasteiger partial charge on any atom is -0.450 e. The van der Waals surface area contributed by atoms with Gasteiger partial charge in [0.1, 0.15) is 5.60 Å². The molecule has 0 aromatic heterocycles. The third kappa shape index (κ3) is 4.61. The molecule has 1 unspecified atom stereocenters. The number of ether oxygens (including phenoxy) is 1. The Bertz CT molecular complexity index is 342. The molecule has 0 bridgehead atoms. The first-order valence-electron chi connectivity index (χ1n) is 8.91. The van der Waals surface area contributed by atoms with Crippen LogP contribution >= 0.6 is 0 Å². The van der Waals surface area contributed by atoms with Gasteiger partial charge in [0, 0.05) is 12.0 Å². The summed E-state index contributed by atoms with van der Waals surface area (Å²) < 4.78 is 5.54. The second-order valence-corrected chi connectivity index (χ2v) is 7.42. The summed E-state index contributed by atoms with van der Waals surface area (Å²) in [5, 5.41) is 18.0. The van der Waals surface area contributed by atoms with Crippen molar-refractivity contribution in [3.05, 3.63) is 0 Å². The van der Waals surface area contributed by atoms with Crippen LogP contribution in [0.15, 0.2) is 0 Å². The third-order valence-electron chi connectivity index (χ3n) is 5.64. The fourth-order valence-electron chi connectivity index (χ4n) is 4.34. The molecule has 2 atom stereocenters. The Kier molecular flexibility index (Phi) is 7.67. The van der Waals surface area contributed by atoms with Crippen LogP contribution in [0.3, 0.4) is 0 Å². The largest absolute Gasteiger partial charge is 0.506 e. The molecule has 0 saturated heterocycles. The van der Waals surface area contributed by atoms with E-state index in [9.17, 15) is 9.90 Å². The average Bonchev–Trinajstić information content (AvgIpc) is 2.44. The summed E-state index contributed by atoms with van der Waals surface area (Å²) in [6, 6.07) is 0. The molecule has 1 rings (SSSR count). The average molecular weight is 314 g/mol. The van der Waals surface area contributed by atoms with Gasteiger partial charge in [-0.05, 0) is 38.0 Å². The van der Waals surface area contributed by atoms with Crippen molar-refractivity contribution in [2.24, 2.45) is 11.3 Å². The molecule has 130 valence electrons. The van der Waals surface area contributed by atoms with E-state index in [2.05, 4.69) is 20.8 Å². The predicted octanol–water partition coefficient (Wildman–Crippen LogP) is 4.99. The van der Waals surface area contributed by atoms with Crippen LogP contribution < -0.4 is 0 Å². The Hall–Kier alpha value is -0.770. The van der Waals surface area contributed by atoms with Gasteiger partial charge in [-0.15, -0.1) is 0 Å². The quantitative estimate of drug-likeness (QED) is 0.465. The fourth-order valence-corrected chi connectivity index (χ4v) is 4.34. The Morgan fingerprint density at radius 2 is 1.68 bits per heavy atom. The monoisotopic (exact) mass is 314 g/mol. The number of aliphatic hydroxyl groups excluding tert-OH is 1. The van der Waals surface area contributed by atoms with Gasteiger partial charge in [0.05, 0.1) is 0 Å². The van der Waals surface area contributed by atoms with Crippen LogP contribution in [-0.4, -0.2) is 28.6 Å². The van der Waals surface area contributed by atoms with Gasteiger partial charge in [-0.2, -0.15) is 0 Å². The molecule has 2 N–H and O–H groups in total. The maximum Gasteiger partial charge on any atom is 0.506 e. The van der Waals surface area contributed by atoms with Gasteiger partial charge in [-0.1, -0.05) is 52.9 Å². The van der Waals surface area contributed by atoms with Crippen molar-refractivity contribution < 1.29 is 19.7 Å². The number of carboxylic acid groups (broad SMARTS) is 1. The minimum absolute atomic E-state index is 0.0607. The van der Waals surface area contributed by atoms with Crippen molar-refractivity contribution in [2.75, 3.05) is 6.61 Å². The molecular weight excluding hydrogens is 280 g/mol. The van der Waals surface area contributed by atoms with E-state index in [-0.39, 0.29) is 17.9 Å². The Labute approximate surface area is 135 Å². The zero-order valence-electron chi connectivity index (χ0n) is 14.6. The zero-order chi connectivity index (χ0) is 16.6. The Morgan fingerprint density at radius 1 is 1.09 bits per heavy atom. The first-order chi connectivity index (χ1) is 10.4. The fraction of sp³-hybridized carbons (Fsp3) is 0.944. The molecule has 1 aliphatic carbocycles. The molecule has 0 aliphatic heterocycles. The summed E-state index contributed by atoms with van der Waals surface area (Å²) in [4.78, 5) is 11.3. The lowest BCUT2D eigenvalue weighted by molar-refractivity contribution is -0.155. The zero-order valence-corrected chi connectivity index (χ0v) is 14.6. The first-order valence-corrected chi connectivity index (χ1v) is 8.91. The van der Waals surface area contributed by atoms with Gasteiger partial charge < -0.3 is 14.9 Å². The van der Waals surface area contributed by atoms with Crippen molar-refractivity contribution in [3.63, 3.8) is 0 Å². The van der Waals surface area contributed by atoms with E-state index < -0.39 is 11.8 Å². The standard InChI is InChI=1S/C18H34O4/c1-15(2)18(22-16(20)21)13-9-8-12-17(18,3)11-7-5-4-6-10-14-19/h15,19H,4-14H2,1-3H3,(H,20,21)/t17-,18?/m0/s1. The number of aliphatic hydroxyl groups is 1. The molecule has 1 fully saturated rings. The summed E-state index contributed by atoms with van der Waals surface area (Å²) in [5.41, 5.74) is -0.600. The first kappa shape index (κ1) is 19.3. The van der Waals surface area contributed by atoms with E-state index in [0.29, 0.717) is 0 Å². The van der Waals surface area contributed by atoms with Crippen LogP contribution in [-0.2, 0) is 4.74 Å². The van der Waals surface area contributed by atoms with Gasteiger partial charge in [0.2, 0.25) is 0 Å². The molecule has 22 heavy (non-hydrogen) atoms. The molecule has 0 radical (unpaired) electrons. The SMILES string of the molecule is CC(C)C1(OC(=O)O)CCCC[C@]1(C)CCCCCCCO. The van der Waals surface area contributed by atoms with Gasteiger partial charge in [0.25, 0.3) is 0 Å². The molecule has 0 aromatic rings. The molecule has 4 heteroatoms. The molecule has 1 saturated carbocycles. The van der Waals surface area contributed by atoms with E-state index in [4.69, 9.17) is 9.84 Å². The number of carbonyl (C=O) groups is 1. The van der Waals surface area contributed by atoms with Crippen LogP contribution in [0.5, 0.6) is 0 Å². The molecule has 0 aromatic carbocycles. The maximum atomic E-state index is 11.3. The van der Waals surface area contributed by atoms with Gasteiger partial charge in [-0.3, -0.25) is 0 Å². The number of hydrogen-bond donors (Lipinski definition) is 2. The van der Waals surface area contributed by atoms with Gasteiger partial charge in [0.15, 0.2) is 0 Å². The summed E-state index contributed by atoms with van der Waals surface area (Å²) >= 11 is 0. The molecule has 1 aliphatic rings. The number of rotatable bonds is 9. The van der Waals surface area contributed by atoms with Crippen LogP contribution in [0.4, 0.5) is 4.79 Å². The van der Waals surface area contributed by atoms with E-state index in [1.807, 2.05) is 0 Å². The van der Waals surface area contributed by atoms with E-state index in [0.717, 1.165) is 57.8 Å². The molecule has 0 heterocycles. The second kappa shape index (κ2) is 8.76. The minimum atomic E-state index is -1.13. The normalized spacial score (nSPS) is 28.8. The maximum absolute atomic E-state index is 11.3. The Balaban J connectivity index is 2.69. The number of unbranched alkanes of at least 4 members (excludes halogenated alkanes) is 4. The van der Waals surface area contributed by atoms with E-state index in [1.54, 1.807) is 0 Å². The third-order valence-corrected chi connectivity index (χ3v) is 5.64. The van der Waals surface area contributed by atoms with Crippen LogP contribution in [0.25, 0.3) is 0 Å². The summed E-state index contributed by atoms with van der Waals surface area (Å²) in [7, 11) is 0. The second-order valence-electron chi connectivity index (χ2n) is 7.42. The van der Waals surface area contributed by atoms with Crippen molar-refractivity contribution in [2.45, 2.75) is 90.6 Å².